The first-order valence-corrected chi connectivity index (χ1v) is 9.60. The molecule has 3 rings (SSSR count). The fourth-order valence-corrected chi connectivity index (χ4v) is 4.25. The second kappa shape index (κ2) is 7.84. The fourth-order valence-electron chi connectivity index (χ4n) is 4.25. The van der Waals surface area contributed by atoms with E-state index in [2.05, 4.69) is 36.3 Å². The molecular formula is C18H34N4O. The zero-order valence-corrected chi connectivity index (χ0v) is 15.1. The molecule has 3 aliphatic rings. The Morgan fingerprint density at radius 1 is 1.35 bits per heavy atom. The maximum Gasteiger partial charge on any atom is 0.191 e. The van der Waals surface area contributed by atoms with Crippen molar-refractivity contribution in [3.63, 3.8) is 0 Å². The third-order valence-corrected chi connectivity index (χ3v) is 5.60. The summed E-state index contributed by atoms with van der Waals surface area (Å²) in [5, 5.41) is 7.01. The largest absolute Gasteiger partial charge is 0.373 e. The third kappa shape index (κ3) is 4.38. The minimum absolute atomic E-state index is 0.393. The molecule has 0 amide bonds. The summed E-state index contributed by atoms with van der Waals surface area (Å²) in [5.74, 6) is 1.79. The van der Waals surface area contributed by atoms with Crippen molar-refractivity contribution in [2.75, 3.05) is 26.2 Å². The number of hydrogen-bond acceptors (Lipinski definition) is 3. The first kappa shape index (κ1) is 17.0. The quantitative estimate of drug-likeness (QED) is 0.600. The number of likely N-dealkylation sites (tertiary alicyclic amines) is 1. The van der Waals surface area contributed by atoms with Gasteiger partial charge in [0.15, 0.2) is 5.96 Å². The van der Waals surface area contributed by atoms with E-state index in [1.165, 1.54) is 38.8 Å². The van der Waals surface area contributed by atoms with Gasteiger partial charge in [-0.1, -0.05) is 6.92 Å². The number of ether oxygens (including phenoxy) is 1. The lowest BCUT2D eigenvalue weighted by Gasteiger charge is -2.35. The minimum Gasteiger partial charge on any atom is -0.373 e. The molecule has 0 aliphatic carbocycles. The van der Waals surface area contributed by atoms with E-state index < -0.39 is 0 Å². The van der Waals surface area contributed by atoms with Crippen LogP contribution in [0.1, 0.15) is 52.9 Å². The molecule has 5 heteroatoms. The van der Waals surface area contributed by atoms with Gasteiger partial charge in [-0.05, 0) is 58.4 Å². The molecule has 0 aromatic heterocycles. The van der Waals surface area contributed by atoms with E-state index in [-0.39, 0.29) is 0 Å². The number of nitrogens with one attached hydrogen (secondary N) is 2. The molecule has 3 saturated heterocycles. The van der Waals surface area contributed by atoms with E-state index in [4.69, 9.17) is 9.73 Å². The Kier molecular flexibility index (Phi) is 5.81. The molecule has 2 N–H and O–H groups in total. The minimum atomic E-state index is 0.393. The molecule has 0 aromatic carbocycles. The highest BCUT2D eigenvalue weighted by molar-refractivity contribution is 5.80. The number of piperidine rings is 1. The molecule has 5 unspecified atom stereocenters. The van der Waals surface area contributed by atoms with Gasteiger partial charge in [0.25, 0.3) is 0 Å². The van der Waals surface area contributed by atoms with Gasteiger partial charge >= 0.3 is 0 Å². The van der Waals surface area contributed by atoms with Crippen LogP contribution in [0.4, 0.5) is 0 Å². The van der Waals surface area contributed by atoms with Crippen molar-refractivity contribution in [2.45, 2.75) is 77.2 Å². The molecule has 3 heterocycles. The van der Waals surface area contributed by atoms with Gasteiger partial charge < -0.3 is 15.4 Å². The zero-order valence-electron chi connectivity index (χ0n) is 15.1. The number of fused-ring (bicyclic) bond motifs is 2. The van der Waals surface area contributed by atoms with Crippen LogP contribution in [-0.4, -0.2) is 61.3 Å². The highest BCUT2D eigenvalue weighted by atomic mass is 16.5. The van der Waals surface area contributed by atoms with Crippen molar-refractivity contribution >= 4 is 5.96 Å². The maximum absolute atomic E-state index is 5.94. The Bertz CT molecular complexity index is 414. The Labute approximate surface area is 141 Å². The average molecular weight is 322 g/mol. The molecule has 0 radical (unpaired) electrons. The van der Waals surface area contributed by atoms with Crippen molar-refractivity contribution in [3.05, 3.63) is 0 Å². The number of hydrogen-bond donors (Lipinski definition) is 2. The molecule has 5 nitrogen and oxygen atoms in total. The topological polar surface area (TPSA) is 48.9 Å². The molecule has 0 aromatic rings. The molecule has 3 aliphatic heterocycles. The summed E-state index contributed by atoms with van der Waals surface area (Å²) in [6.07, 6.45) is 7.15. The van der Waals surface area contributed by atoms with Crippen molar-refractivity contribution < 1.29 is 4.74 Å². The van der Waals surface area contributed by atoms with Gasteiger partial charge in [-0.3, -0.25) is 9.89 Å². The monoisotopic (exact) mass is 322 g/mol. The Morgan fingerprint density at radius 3 is 2.87 bits per heavy atom. The zero-order chi connectivity index (χ0) is 16.2. The summed E-state index contributed by atoms with van der Waals surface area (Å²) < 4.78 is 5.94. The van der Waals surface area contributed by atoms with Crippen LogP contribution in [-0.2, 0) is 4.74 Å². The molecule has 0 saturated carbocycles. The van der Waals surface area contributed by atoms with E-state index in [1.807, 2.05) is 0 Å². The number of aliphatic imine (C=N–C) groups is 1. The van der Waals surface area contributed by atoms with E-state index >= 15 is 0 Å². The van der Waals surface area contributed by atoms with Gasteiger partial charge in [-0.2, -0.15) is 0 Å². The van der Waals surface area contributed by atoms with Gasteiger partial charge in [0.05, 0.1) is 24.8 Å². The van der Waals surface area contributed by atoms with E-state index in [9.17, 15) is 0 Å². The molecule has 0 spiro atoms. The van der Waals surface area contributed by atoms with E-state index in [0.717, 1.165) is 31.4 Å². The normalized spacial score (nSPS) is 36.2. The van der Waals surface area contributed by atoms with Crippen LogP contribution in [0.3, 0.4) is 0 Å². The molecule has 2 bridgehead atoms. The van der Waals surface area contributed by atoms with Crippen LogP contribution in [0.25, 0.3) is 0 Å². The second-order valence-electron chi connectivity index (χ2n) is 7.67. The first-order valence-electron chi connectivity index (χ1n) is 9.60. The van der Waals surface area contributed by atoms with Gasteiger partial charge in [0, 0.05) is 19.1 Å². The Morgan fingerprint density at radius 2 is 2.22 bits per heavy atom. The SMILES string of the molecule is CCNC(=NCC(C)N1CCCC(C)C1)NC1CC2CCC1O2. The Balaban J connectivity index is 1.51. The third-order valence-electron chi connectivity index (χ3n) is 5.60. The lowest BCUT2D eigenvalue weighted by Crippen LogP contribution is -2.48. The summed E-state index contributed by atoms with van der Waals surface area (Å²) in [4.78, 5) is 7.46. The van der Waals surface area contributed by atoms with Crippen molar-refractivity contribution in [1.82, 2.24) is 15.5 Å². The maximum atomic E-state index is 5.94. The van der Waals surface area contributed by atoms with Gasteiger partial charge in [0.2, 0.25) is 0 Å². The number of nitrogens with zero attached hydrogens (tertiary/aromatic N) is 2. The molecular weight excluding hydrogens is 288 g/mol. The van der Waals surface area contributed by atoms with Crippen LogP contribution in [0.2, 0.25) is 0 Å². The first-order chi connectivity index (χ1) is 11.2. The van der Waals surface area contributed by atoms with Crippen LogP contribution in [0, 0.1) is 5.92 Å². The lowest BCUT2D eigenvalue weighted by atomic mass is 9.96. The van der Waals surface area contributed by atoms with Crippen molar-refractivity contribution in [2.24, 2.45) is 10.9 Å². The summed E-state index contributed by atoms with van der Waals surface area (Å²) in [6.45, 7) is 11.0. The number of guanidine groups is 1. The van der Waals surface area contributed by atoms with E-state index in [1.54, 1.807) is 0 Å². The molecule has 23 heavy (non-hydrogen) atoms. The smallest absolute Gasteiger partial charge is 0.191 e. The average Bonchev–Trinajstić information content (AvgIpc) is 3.15. The van der Waals surface area contributed by atoms with Gasteiger partial charge in [0.1, 0.15) is 0 Å². The van der Waals surface area contributed by atoms with Crippen molar-refractivity contribution in [3.8, 4) is 0 Å². The predicted octanol–water partition coefficient (Wildman–Crippen LogP) is 1.98. The van der Waals surface area contributed by atoms with Crippen molar-refractivity contribution in [1.29, 1.82) is 0 Å². The highest BCUT2D eigenvalue weighted by Gasteiger charge is 2.41. The van der Waals surface area contributed by atoms with E-state index in [0.29, 0.717) is 24.3 Å². The molecule has 3 fully saturated rings. The summed E-state index contributed by atoms with van der Waals surface area (Å²) in [7, 11) is 0. The molecule has 5 atom stereocenters. The van der Waals surface area contributed by atoms with Crippen LogP contribution in [0.5, 0.6) is 0 Å². The summed E-state index contributed by atoms with van der Waals surface area (Å²) in [6, 6.07) is 0.960. The van der Waals surface area contributed by atoms with Crippen LogP contribution < -0.4 is 10.6 Å². The standard InChI is InChI=1S/C18H34N4O/c1-4-19-18(21-16-10-15-7-8-17(16)23-15)20-11-14(3)22-9-5-6-13(2)12-22/h13-17H,4-12H2,1-3H3,(H2,19,20,21). The summed E-state index contributed by atoms with van der Waals surface area (Å²) in [5.41, 5.74) is 0. The number of rotatable bonds is 5. The fraction of sp³-hybridized carbons (Fsp3) is 0.944. The van der Waals surface area contributed by atoms with Crippen LogP contribution in [0.15, 0.2) is 4.99 Å². The van der Waals surface area contributed by atoms with Gasteiger partial charge in [-0.15, -0.1) is 0 Å². The highest BCUT2D eigenvalue weighted by Crippen LogP contribution is 2.34. The second-order valence-corrected chi connectivity index (χ2v) is 7.67. The Hall–Kier alpha value is -0.810. The summed E-state index contributed by atoms with van der Waals surface area (Å²) >= 11 is 0. The van der Waals surface area contributed by atoms with Gasteiger partial charge in [-0.25, -0.2) is 0 Å². The predicted molar refractivity (Wildman–Crippen MR) is 94.8 cm³/mol. The molecule has 132 valence electrons. The van der Waals surface area contributed by atoms with Crippen LogP contribution >= 0.6 is 0 Å². The lowest BCUT2D eigenvalue weighted by molar-refractivity contribution is 0.0992.